The molecule has 3 rings (SSSR count). The molecule has 7 heteroatoms. The van der Waals surface area contributed by atoms with E-state index < -0.39 is 12.0 Å². The number of aliphatic hydroxyl groups is 1. The second kappa shape index (κ2) is 9.78. The van der Waals surface area contributed by atoms with Crippen molar-refractivity contribution in [1.29, 1.82) is 0 Å². The van der Waals surface area contributed by atoms with E-state index in [0.717, 1.165) is 26.2 Å². The number of amides is 1. The number of rotatable bonds is 6. The monoisotopic (exact) mass is 405 g/mol. The van der Waals surface area contributed by atoms with Gasteiger partial charge in [-0.1, -0.05) is 24.3 Å². The summed E-state index contributed by atoms with van der Waals surface area (Å²) < 4.78 is 5.16. The van der Waals surface area contributed by atoms with Crippen molar-refractivity contribution < 1.29 is 14.6 Å². The van der Waals surface area contributed by atoms with Crippen LogP contribution in [0, 0.1) is 6.92 Å². The first-order chi connectivity index (χ1) is 13.0. The summed E-state index contributed by atoms with van der Waals surface area (Å²) in [7, 11) is 1.49. The van der Waals surface area contributed by atoms with Crippen molar-refractivity contribution in [3.8, 4) is 5.75 Å². The highest BCUT2D eigenvalue weighted by molar-refractivity contribution is 5.95. The van der Waals surface area contributed by atoms with Crippen LogP contribution < -0.4 is 15.4 Å². The number of piperazine rings is 1. The van der Waals surface area contributed by atoms with Crippen molar-refractivity contribution >= 4 is 24.0 Å². The standard InChI is InChI=1S/C21H27N3O3.ClH/c1-15-5-3-4-6-18(15)24-11-9-23(10-12-24)14-19(25)16-7-8-20(27-2)17(13-16)21(22)26;/h3-8,13,19,25H,9-12,14H2,1-2H3,(H2,22,26);1H. The third kappa shape index (κ3) is 4.95. The lowest BCUT2D eigenvalue weighted by atomic mass is 10.0. The number of β-amino-alcohol motifs (C(OH)–C–C–N with tert-alkyl or cyclic N) is 1. The number of aryl methyl sites for hydroxylation is 1. The summed E-state index contributed by atoms with van der Waals surface area (Å²) >= 11 is 0. The number of primary amides is 1. The van der Waals surface area contributed by atoms with Gasteiger partial charge in [0, 0.05) is 38.4 Å². The van der Waals surface area contributed by atoms with Gasteiger partial charge in [0.25, 0.3) is 5.91 Å². The van der Waals surface area contributed by atoms with Crippen LogP contribution in [0.3, 0.4) is 0 Å². The summed E-state index contributed by atoms with van der Waals surface area (Å²) in [6.07, 6.45) is -0.681. The molecule has 1 aliphatic rings. The van der Waals surface area contributed by atoms with Gasteiger partial charge >= 0.3 is 0 Å². The van der Waals surface area contributed by atoms with Gasteiger partial charge in [0.15, 0.2) is 0 Å². The van der Waals surface area contributed by atoms with Crippen LogP contribution in [-0.2, 0) is 0 Å². The number of ether oxygens (including phenoxy) is 1. The van der Waals surface area contributed by atoms with Crippen LogP contribution in [0.4, 0.5) is 5.69 Å². The molecule has 1 heterocycles. The fourth-order valence-corrected chi connectivity index (χ4v) is 3.56. The molecule has 0 aromatic heterocycles. The number of nitrogens with two attached hydrogens (primary N) is 1. The van der Waals surface area contributed by atoms with Gasteiger partial charge in [0.1, 0.15) is 5.75 Å². The molecule has 0 saturated carbocycles. The Balaban J connectivity index is 0.00000280. The quantitative estimate of drug-likeness (QED) is 0.771. The smallest absolute Gasteiger partial charge is 0.252 e. The summed E-state index contributed by atoms with van der Waals surface area (Å²) in [5, 5.41) is 10.6. The molecule has 3 N–H and O–H groups in total. The summed E-state index contributed by atoms with van der Waals surface area (Å²) in [6, 6.07) is 13.5. The van der Waals surface area contributed by atoms with Crippen LogP contribution in [0.1, 0.15) is 27.6 Å². The minimum Gasteiger partial charge on any atom is -0.496 e. The van der Waals surface area contributed by atoms with E-state index in [0.29, 0.717) is 23.4 Å². The first-order valence-corrected chi connectivity index (χ1v) is 9.18. The number of carbonyl (C=O) groups is 1. The number of methoxy groups -OCH3 is 1. The number of hydrogen-bond donors (Lipinski definition) is 2. The molecule has 6 nitrogen and oxygen atoms in total. The zero-order chi connectivity index (χ0) is 19.4. The highest BCUT2D eigenvalue weighted by atomic mass is 35.5. The van der Waals surface area contributed by atoms with E-state index >= 15 is 0 Å². The number of halogens is 1. The number of carbonyl (C=O) groups excluding carboxylic acids is 1. The highest BCUT2D eigenvalue weighted by Crippen LogP contribution is 2.25. The molecule has 2 aromatic rings. The summed E-state index contributed by atoms with van der Waals surface area (Å²) in [4.78, 5) is 16.2. The topological polar surface area (TPSA) is 79.0 Å². The van der Waals surface area contributed by atoms with E-state index in [1.165, 1.54) is 18.4 Å². The molecule has 0 aliphatic carbocycles. The summed E-state index contributed by atoms with van der Waals surface area (Å²) in [5.74, 6) is -0.141. The first kappa shape index (κ1) is 22.0. The second-order valence-electron chi connectivity index (χ2n) is 6.91. The molecule has 1 atom stereocenters. The maximum absolute atomic E-state index is 11.6. The molecular formula is C21H28ClN3O3. The maximum atomic E-state index is 11.6. The second-order valence-corrected chi connectivity index (χ2v) is 6.91. The molecule has 2 aromatic carbocycles. The molecule has 1 unspecified atom stereocenters. The Hall–Kier alpha value is -2.28. The third-order valence-electron chi connectivity index (χ3n) is 5.13. The lowest BCUT2D eigenvalue weighted by molar-refractivity contribution is 0.0995. The molecule has 1 fully saturated rings. The molecular weight excluding hydrogens is 378 g/mol. The van der Waals surface area contributed by atoms with Crippen molar-refractivity contribution in [2.24, 2.45) is 5.73 Å². The van der Waals surface area contributed by atoms with Gasteiger partial charge in [-0.2, -0.15) is 0 Å². The minimum absolute atomic E-state index is 0. The van der Waals surface area contributed by atoms with E-state index in [1.807, 2.05) is 0 Å². The van der Waals surface area contributed by atoms with Crippen LogP contribution >= 0.6 is 12.4 Å². The van der Waals surface area contributed by atoms with Crippen molar-refractivity contribution in [3.05, 3.63) is 59.2 Å². The van der Waals surface area contributed by atoms with E-state index in [4.69, 9.17) is 10.5 Å². The van der Waals surface area contributed by atoms with Gasteiger partial charge in [-0.05, 0) is 36.2 Å². The summed E-state index contributed by atoms with van der Waals surface area (Å²) in [6.45, 7) is 6.26. The van der Waals surface area contributed by atoms with Crippen molar-refractivity contribution in [1.82, 2.24) is 4.90 Å². The largest absolute Gasteiger partial charge is 0.496 e. The number of para-hydroxylation sites is 1. The molecule has 0 spiro atoms. The van der Waals surface area contributed by atoms with Gasteiger partial charge < -0.3 is 20.5 Å². The van der Waals surface area contributed by atoms with Crippen molar-refractivity contribution in [3.63, 3.8) is 0 Å². The molecule has 28 heavy (non-hydrogen) atoms. The average molecular weight is 406 g/mol. The zero-order valence-electron chi connectivity index (χ0n) is 16.3. The van der Waals surface area contributed by atoms with E-state index in [2.05, 4.69) is 41.0 Å². The predicted octanol–water partition coefficient (Wildman–Crippen LogP) is 2.38. The number of hydrogen-bond acceptors (Lipinski definition) is 5. The Morgan fingerprint density at radius 2 is 1.86 bits per heavy atom. The number of benzene rings is 2. The van der Waals surface area contributed by atoms with E-state index in [-0.39, 0.29) is 12.4 Å². The molecule has 152 valence electrons. The van der Waals surface area contributed by atoms with Crippen LogP contribution in [0.15, 0.2) is 42.5 Å². The Bertz CT molecular complexity index is 807. The lowest BCUT2D eigenvalue weighted by Gasteiger charge is -2.37. The molecule has 1 amide bonds. The Morgan fingerprint density at radius 3 is 2.46 bits per heavy atom. The first-order valence-electron chi connectivity index (χ1n) is 9.18. The normalized spacial score (nSPS) is 15.6. The zero-order valence-corrected chi connectivity index (χ0v) is 17.1. The Labute approximate surface area is 172 Å². The summed E-state index contributed by atoms with van der Waals surface area (Å²) in [5.41, 5.74) is 8.93. The number of aliphatic hydroxyl groups excluding tert-OH is 1. The van der Waals surface area contributed by atoms with Gasteiger partial charge in [0.05, 0.1) is 18.8 Å². The Morgan fingerprint density at radius 1 is 1.18 bits per heavy atom. The predicted molar refractivity (Wildman–Crippen MR) is 114 cm³/mol. The van der Waals surface area contributed by atoms with Crippen LogP contribution in [-0.4, -0.2) is 55.7 Å². The van der Waals surface area contributed by atoms with Gasteiger partial charge in [-0.25, -0.2) is 0 Å². The molecule has 0 bridgehead atoms. The minimum atomic E-state index is -0.681. The number of anilines is 1. The maximum Gasteiger partial charge on any atom is 0.252 e. The van der Waals surface area contributed by atoms with Crippen molar-refractivity contribution in [2.75, 3.05) is 44.7 Å². The van der Waals surface area contributed by atoms with Crippen LogP contribution in [0.2, 0.25) is 0 Å². The highest BCUT2D eigenvalue weighted by Gasteiger charge is 2.22. The lowest BCUT2D eigenvalue weighted by Crippen LogP contribution is -2.47. The fourth-order valence-electron chi connectivity index (χ4n) is 3.56. The van der Waals surface area contributed by atoms with E-state index in [9.17, 15) is 9.90 Å². The fraction of sp³-hybridized carbons (Fsp3) is 0.381. The van der Waals surface area contributed by atoms with Gasteiger partial charge in [-0.15, -0.1) is 12.4 Å². The van der Waals surface area contributed by atoms with E-state index in [1.54, 1.807) is 18.2 Å². The van der Waals surface area contributed by atoms with Gasteiger partial charge in [0.2, 0.25) is 0 Å². The Kier molecular flexibility index (Phi) is 7.69. The molecule has 0 radical (unpaired) electrons. The van der Waals surface area contributed by atoms with Crippen LogP contribution in [0.25, 0.3) is 0 Å². The van der Waals surface area contributed by atoms with Gasteiger partial charge in [-0.3, -0.25) is 9.69 Å². The average Bonchev–Trinajstić information content (AvgIpc) is 2.68. The third-order valence-corrected chi connectivity index (χ3v) is 5.13. The van der Waals surface area contributed by atoms with Crippen molar-refractivity contribution in [2.45, 2.75) is 13.0 Å². The SMILES string of the molecule is COc1ccc(C(O)CN2CCN(c3ccccc3C)CC2)cc1C(N)=O.Cl. The number of nitrogens with zero attached hydrogens (tertiary/aromatic N) is 2. The van der Waals surface area contributed by atoms with Crippen LogP contribution in [0.5, 0.6) is 5.75 Å². The molecule has 1 aliphatic heterocycles. The molecule has 1 saturated heterocycles.